The third-order valence-corrected chi connectivity index (χ3v) is 5.45. The van der Waals surface area contributed by atoms with Crippen LogP contribution in [0, 0.1) is 0 Å². The van der Waals surface area contributed by atoms with Gasteiger partial charge in [0.1, 0.15) is 5.75 Å². The van der Waals surface area contributed by atoms with Crippen molar-refractivity contribution in [1.29, 1.82) is 0 Å². The van der Waals surface area contributed by atoms with Crippen molar-refractivity contribution in [3.05, 3.63) is 84.9 Å². The first kappa shape index (κ1) is 18.1. The summed E-state index contributed by atoms with van der Waals surface area (Å²) < 4.78 is 24.2. The van der Waals surface area contributed by atoms with E-state index < -0.39 is 7.60 Å². The number of benzene rings is 3. The van der Waals surface area contributed by atoms with Crippen LogP contribution in [0.4, 0.5) is 11.4 Å². The smallest absolute Gasteiger partial charge is 0.410 e. The van der Waals surface area contributed by atoms with Crippen molar-refractivity contribution in [3.63, 3.8) is 0 Å². The molecule has 0 fully saturated rings. The van der Waals surface area contributed by atoms with Crippen LogP contribution >= 0.6 is 7.60 Å². The first-order chi connectivity index (χ1) is 12.7. The Labute approximate surface area is 152 Å². The highest BCUT2D eigenvalue weighted by atomic mass is 31.2. The Bertz CT molecular complexity index is 897. The highest BCUT2D eigenvalue weighted by Crippen LogP contribution is 2.47. The minimum atomic E-state index is -3.43. The summed E-state index contributed by atoms with van der Waals surface area (Å²) in [4.78, 5) is 0. The second kappa shape index (κ2) is 8.56. The summed E-state index contributed by atoms with van der Waals surface area (Å²) in [6.07, 6.45) is 0. The van der Waals surface area contributed by atoms with Crippen molar-refractivity contribution in [2.24, 2.45) is 10.2 Å². The second-order valence-corrected chi connectivity index (χ2v) is 7.32. The highest BCUT2D eigenvalue weighted by Gasteiger charge is 2.28. The summed E-state index contributed by atoms with van der Waals surface area (Å²) in [6, 6.07) is 25.3. The van der Waals surface area contributed by atoms with Crippen LogP contribution in [0.5, 0.6) is 5.75 Å². The number of azo groups is 1. The van der Waals surface area contributed by atoms with E-state index >= 15 is 0 Å². The van der Waals surface area contributed by atoms with E-state index in [-0.39, 0.29) is 6.61 Å². The molecular formula is C20H19N2O3P. The monoisotopic (exact) mass is 366 g/mol. The Balaban J connectivity index is 1.75. The third-order valence-electron chi connectivity index (χ3n) is 3.47. The lowest BCUT2D eigenvalue weighted by Crippen LogP contribution is -2.12. The van der Waals surface area contributed by atoms with Crippen LogP contribution in [-0.2, 0) is 9.09 Å². The molecule has 1 atom stereocenters. The van der Waals surface area contributed by atoms with Crippen molar-refractivity contribution >= 4 is 24.3 Å². The summed E-state index contributed by atoms with van der Waals surface area (Å²) in [5, 5.41) is 8.86. The predicted molar refractivity (Wildman–Crippen MR) is 103 cm³/mol. The fraction of sp³-hybridized carbons (Fsp3) is 0.100. The van der Waals surface area contributed by atoms with Gasteiger partial charge in [0, 0.05) is 0 Å². The van der Waals surface area contributed by atoms with E-state index in [1.165, 1.54) is 0 Å². The number of nitrogens with zero attached hydrogens (tertiary/aromatic N) is 2. The lowest BCUT2D eigenvalue weighted by molar-refractivity contribution is 0.289. The molecule has 26 heavy (non-hydrogen) atoms. The van der Waals surface area contributed by atoms with Crippen LogP contribution < -0.4 is 9.83 Å². The van der Waals surface area contributed by atoms with Crippen molar-refractivity contribution in [2.75, 3.05) is 6.61 Å². The molecule has 132 valence electrons. The topological polar surface area (TPSA) is 60.2 Å². The van der Waals surface area contributed by atoms with Crippen LogP contribution in [0.25, 0.3) is 0 Å². The summed E-state index contributed by atoms with van der Waals surface area (Å²) in [7, 11) is -3.43. The van der Waals surface area contributed by atoms with Gasteiger partial charge in [0.15, 0.2) is 0 Å². The lowest BCUT2D eigenvalue weighted by atomic mass is 10.3. The maximum absolute atomic E-state index is 13.1. The Morgan fingerprint density at radius 2 is 1.31 bits per heavy atom. The molecular weight excluding hydrogens is 347 g/mol. The Morgan fingerprint density at radius 3 is 1.88 bits per heavy atom. The van der Waals surface area contributed by atoms with E-state index in [2.05, 4.69) is 10.2 Å². The van der Waals surface area contributed by atoms with Gasteiger partial charge >= 0.3 is 7.60 Å². The molecule has 5 nitrogen and oxygen atoms in total. The Morgan fingerprint density at radius 1 is 0.769 bits per heavy atom. The van der Waals surface area contributed by atoms with Gasteiger partial charge < -0.3 is 4.52 Å². The zero-order chi connectivity index (χ0) is 18.2. The van der Waals surface area contributed by atoms with Crippen LogP contribution in [-0.4, -0.2) is 6.61 Å². The van der Waals surface area contributed by atoms with Crippen LogP contribution in [0.15, 0.2) is 95.2 Å². The average Bonchev–Trinajstić information content (AvgIpc) is 2.69. The molecule has 0 aliphatic heterocycles. The molecule has 0 amide bonds. The highest BCUT2D eigenvalue weighted by molar-refractivity contribution is 7.62. The standard InChI is InChI=1S/C20H19N2O3P/c1-2-24-26(23,20-11-7-4-8-12-20)25-19-15-13-18(14-16-19)22-21-17-9-5-3-6-10-17/h3-16H,2H2,1H3. The van der Waals surface area contributed by atoms with E-state index in [0.717, 1.165) is 5.69 Å². The molecule has 3 rings (SSSR count). The molecule has 0 aromatic heterocycles. The van der Waals surface area contributed by atoms with Crippen molar-refractivity contribution in [2.45, 2.75) is 6.92 Å². The van der Waals surface area contributed by atoms with Gasteiger partial charge in [-0.1, -0.05) is 36.4 Å². The van der Waals surface area contributed by atoms with Gasteiger partial charge in [-0.3, -0.25) is 4.52 Å². The van der Waals surface area contributed by atoms with Gasteiger partial charge in [-0.25, -0.2) is 4.57 Å². The molecule has 0 N–H and O–H groups in total. The van der Waals surface area contributed by atoms with Gasteiger partial charge in [-0.15, -0.1) is 0 Å². The Kier molecular flexibility index (Phi) is 5.95. The summed E-state index contributed by atoms with van der Waals surface area (Å²) in [6.45, 7) is 2.07. The fourth-order valence-corrected chi connectivity index (χ4v) is 3.84. The molecule has 0 heterocycles. The second-order valence-electron chi connectivity index (χ2n) is 5.37. The summed E-state index contributed by atoms with van der Waals surface area (Å²) >= 11 is 0. The number of rotatable bonds is 7. The van der Waals surface area contributed by atoms with Gasteiger partial charge in [-0.05, 0) is 55.5 Å². The van der Waals surface area contributed by atoms with E-state index in [9.17, 15) is 4.57 Å². The number of hydrogen-bond donors (Lipinski definition) is 0. The van der Waals surface area contributed by atoms with Gasteiger partial charge in [-0.2, -0.15) is 10.2 Å². The van der Waals surface area contributed by atoms with Crippen molar-refractivity contribution in [1.82, 2.24) is 0 Å². The minimum absolute atomic E-state index is 0.287. The van der Waals surface area contributed by atoms with Gasteiger partial charge in [0.25, 0.3) is 0 Å². The van der Waals surface area contributed by atoms with E-state index in [0.29, 0.717) is 16.7 Å². The maximum Gasteiger partial charge on any atom is 0.410 e. The van der Waals surface area contributed by atoms with Crippen molar-refractivity contribution < 1.29 is 13.6 Å². The van der Waals surface area contributed by atoms with Gasteiger partial charge in [0.2, 0.25) is 0 Å². The molecule has 0 bridgehead atoms. The fourth-order valence-electron chi connectivity index (χ4n) is 2.26. The summed E-state index contributed by atoms with van der Waals surface area (Å²) in [5.41, 5.74) is 1.45. The molecule has 3 aromatic rings. The molecule has 0 spiro atoms. The first-order valence-electron chi connectivity index (χ1n) is 8.26. The zero-order valence-electron chi connectivity index (χ0n) is 14.4. The number of hydrogen-bond acceptors (Lipinski definition) is 5. The van der Waals surface area contributed by atoms with Crippen molar-refractivity contribution in [3.8, 4) is 5.75 Å². The van der Waals surface area contributed by atoms with Gasteiger partial charge in [0.05, 0.1) is 23.3 Å². The van der Waals surface area contributed by atoms with Crippen LogP contribution in [0.1, 0.15) is 6.92 Å². The minimum Gasteiger partial charge on any atom is -0.421 e. The van der Waals surface area contributed by atoms with Crippen LogP contribution in [0.2, 0.25) is 0 Å². The third kappa shape index (κ3) is 4.66. The zero-order valence-corrected chi connectivity index (χ0v) is 15.3. The molecule has 0 radical (unpaired) electrons. The normalized spacial score (nSPS) is 13.4. The molecule has 0 aliphatic rings. The maximum atomic E-state index is 13.1. The predicted octanol–water partition coefficient (Wildman–Crippen LogP) is 6.04. The molecule has 0 aliphatic carbocycles. The van der Waals surface area contributed by atoms with Crippen LogP contribution in [0.3, 0.4) is 0 Å². The lowest BCUT2D eigenvalue weighted by Gasteiger charge is -2.18. The largest absolute Gasteiger partial charge is 0.421 e. The molecule has 1 unspecified atom stereocenters. The van der Waals surface area contributed by atoms with E-state index in [1.54, 1.807) is 55.5 Å². The average molecular weight is 366 g/mol. The molecule has 0 saturated carbocycles. The van der Waals surface area contributed by atoms with E-state index in [4.69, 9.17) is 9.05 Å². The Hall–Kier alpha value is -2.75. The molecule has 3 aromatic carbocycles. The van der Waals surface area contributed by atoms with E-state index in [1.807, 2.05) is 36.4 Å². The molecule has 0 saturated heterocycles. The first-order valence-corrected chi connectivity index (χ1v) is 9.80. The summed E-state index contributed by atoms with van der Waals surface area (Å²) in [5.74, 6) is 0.448. The SMILES string of the molecule is CCOP(=O)(Oc1ccc(N=Nc2ccccc2)cc1)c1ccccc1. The quantitative estimate of drug-likeness (QED) is 0.378. The molecule has 6 heteroatoms.